The topological polar surface area (TPSA) is 87.5 Å². The first-order valence-electron chi connectivity index (χ1n) is 8.34. The molecule has 0 spiro atoms. The van der Waals surface area contributed by atoms with E-state index < -0.39 is 11.8 Å². The van der Waals surface area contributed by atoms with E-state index in [0.717, 1.165) is 5.56 Å². The minimum Gasteiger partial charge on any atom is -0.444 e. The van der Waals surface area contributed by atoms with Gasteiger partial charge in [-0.3, -0.25) is 14.5 Å². The first-order valence-corrected chi connectivity index (χ1v) is 8.34. The molecule has 3 rings (SSSR count). The molecular formula is C18H22N4O3. The third kappa shape index (κ3) is 4.45. The maximum Gasteiger partial charge on any atom is 0.313 e. The molecule has 1 aromatic heterocycles. The Morgan fingerprint density at radius 2 is 2.16 bits per heavy atom. The SMILES string of the molecule is CC(CNC(=O)C(=O)Nc1cccc(-c2cnco2)c1)N(C)C1CC1. The lowest BCUT2D eigenvalue weighted by molar-refractivity contribution is -0.136. The summed E-state index contributed by atoms with van der Waals surface area (Å²) >= 11 is 0. The average Bonchev–Trinajstić information content (AvgIpc) is 3.32. The number of nitrogens with one attached hydrogen (secondary N) is 2. The van der Waals surface area contributed by atoms with E-state index >= 15 is 0 Å². The van der Waals surface area contributed by atoms with Crippen molar-refractivity contribution in [3.05, 3.63) is 36.9 Å². The van der Waals surface area contributed by atoms with Gasteiger partial charge in [0.1, 0.15) is 0 Å². The van der Waals surface area contributed by atoms with Crippen molar-refractivity contribution < 1.29 is 14.0 Å². The molecule has 7 heteroatoms. The Morgan fingerprint density at radius 1 is 1.36 bits per heavy atom. The molecule has 2 aromatic rings. The second-order valence-corrected chi connectivity index (χ2v) is 6.36. The van der Waals surface area contributed by atoms with E-state index in [2.05, 4.69) is 20.5 Å². The quantitative estimate of drug-likeness (QED) is 0.783. The molecule has 0 radical (unpaired) electrons. The predicted octanol–water partition coefficient (Wildman–Crippen LogP) is 1.88. The van der Waals surface area contributed by atoms with Crippen LogP contribution in [0.2, 0.25) is 0 Å². The fraction of sp³-hybridized carbons (Fsp3) is 0.389. The van der Waals surface area contributed by atoms with Crippen molar-refractivity contribution >= 4 is 17.5 Å². The zero-order valence-electron chi connectivity index (χ0n) is 14.4. The summed E-state index contributed by atoms with van der Waals surface area (Å²) in [5.74, 6) is -0.727. The molecule has 1 fully saturated rings. The number of carbonyl (C=O) groups excluding carboxylic acids is 2. The summed E-state index contributed by atoms with van der Waals surface area (Å²) in [5.41, 5.74) is 1.30. The Balaban J connectivity index is 1.53. The molecule has 1 aliphatic rings. The van der Waals surface area contributed by atoms with Gasteiger partial charge in [-0.25, -0.2) is 4.98 Å². The number of carbonyl (C=O) groups is 2. The van der Waals surface area contributed by atoms with E-state index in [1.54, 1.807) is 24.4 Å². The van der Waals surface area contributed by atoms with Crippen LogP contribution in [0, 0.1) is 0 Å². The van der Waals surface area contributed by atoms with Gasteiger partial charge >= 0.3 is 11.8 Å². The lowest BCUT2D eigenvalue weighted by Gasteiger charge is -2.24. The van der Waals surface area contributed by atoms with E-state index in [1.807, 2.05) is 20.0 Å². The fourth-order valence-corrected chi connectivity index (χ4v) is 2.60. The first kappa shape index (κ1) is 17.2. The molecule has 2 N–H and O–H groups in total. The van der Waals surface area contributed by atoms with Gasteiger partial charge in [-0.2, -0.15) is 0 Å². The van der Waals surface area contributed by atoms with Gasteiger partial charge in [0.15, 0.2) is 12.2 Å². The number of anilines is 1. The van der Waals surface area contributed by atoms with Crippen molar-refractivity contribution in [3.8, 4) is 11.3 Å². The van der Waals surface area contributed by atoms with Gasteiger partial charge in [0, 0.05) is 29.9 Å². The second-order valence-electron chi connectivity index (χ2n) is 6.36. The Kier molecular flexibility index (Phi) is 5.14. The Bertz CT molecular complexity index is 741. The molecule has 1 saturated carbocycles. The lowest BCUT2D eigenvalue weighted by atomic mass is 10.1. The van der Waals surface area contributed by atoms with Crippen LogP contribution in [0.4, 0.5) is 5.69 Å². The highest BCUT2D eigenvalue weighted by Crippen LogP contribution is 2.26. The lowest BCUT2D eigenvalue weighted by Crippen LogP contribution is -2.44. The normalized spacial score (nSPS) is 15.0. The highest BCUT2D eigenvalue weighted by Gasteiger charge is 2.29. The molecule has 1 aliphatic carbocycles. The van der Waals surface area contributed by atoms with Crippen LogP contribution >= 0.6 is 0 Å². The minimum absolute atomic E-state index is 0.194. The van der Waals surface area contributed by atoms with Crippen LogP contribution in [0.5, 0.6) is 0 Å². The number of benzene rings is 1. The number of rotatable bonds is 6. The van der Waals surface area contributed by atoms with Crippen LogP contribution in [0.1, 0.15) is 19.8 Å². The van der Waals surface area contributed by atoms with E-state index in [9.17, 15) is 9.59 Å². The van der Waals surface area contributed by atoms with Crippen molar-refractivity contribution in [1.82, 2.24) is 15.2 Å². The largest absolute Gasteiger partial charge is 0.444 e. The Hall–Kier alpha value is -2.67. The molecular weight excluding hydrogens is 320 g/mol. The monoisotopic (exact) mass is 342 g/mol. The molecule has 132 valence electrons. The van der Waals surface area contributed by atoms with Gasteiger partial charge in [-0.1, -0.05) is 12.1 Å². The predicted molar refractivity (Wildman–Crippen MR) is 93.8 cm³/mol. The average molecular weight is 342 g/mol. The maximum atomic E-state index is 12.1. The highest BCUT2D eigenvalue weighted by molar-refractivity contribution is 6.39. The number of hydrogen-bond acceptors (Lipinski definition) is 5. The third-order valence-corrected chi connectivity index (χ3v) is 4.42. The molecule has 1 aromatic carbocycles. The van der Waals surface area contributed by atoms with Gasteiger partial charge in [-0.05, 0) is 38.9 Å². The van der Waals surface area contributed by atoms with Crippen molar-refractivity contribution in [1.29, 1.82) is 0 Å². The van der Waals surface area contributed by atoms with Crippen LogP contribution in [0.15, 0.2) is 41.3 Å². The smallest absolute Gasteiger partial charge is 0.313 e. The molecule has 2 amide bonds. The summed E-state index contributed by atoms with van der Waals surface area (Å²) in [6.45, 7) is 2.48. The Labute approximate surface area is 146 Å². The summed E-state index contributed by atoms with van der Waals surface area (Å²) in [4.78, 5) is 30.2. The van der Waals surface area contributed by atoms with Gasteiger partial charge in [0.05, 0.1) is 6.20 Å². The van der Waals surface area contributed by atoms with Crippen LogP contribution in [-0.4, -0.2) is 47.4 Å². The molecule has 25 heavy (non-hydrogen) atoms. The van der Waals surface area contributed by atoms with E-state index in [-0.39, 0.29) is 6.04 Å². The maximum absolute atomic E-state index is 12.1. The second kappa shape index (κ2) is 7.48. The van der Waals surface area contributed by atoms with Gasteiger partial charge in [0.25, 0.3) is 0 Å². The summed E-state index contributed by atoms with van der Waals surface area (Å²) in [5, 5.41) is 5.29. The van der Waals surface area contributed by atoms with Crippen LogP contribution in [-0.2, 0) is 9.59 Å². The number of oxazole rings is 1. The van der Waals surface area contributed by atoms with Gasteiger partial charge < -0.3 is 15.1 Å². The Morgan fingerprint density at radius 3 is 2.84 bits per heavy atom. The number of aromatic nitrogens is 1. The van der Waals surface area contributed by atoms with Crippen molar-refractivity contribution in [2.45, 2.75) is 31.8 Å². The summed E-state index contributed by atoms with van der Waals surface area (Å²) in [6.07, 6.45) is 5.34. The van der Waals surface area contributed by atoms with Crippen molar-refractivity contribution in [2.24, 2.45) is 0 Å². The molecule has 1 atom stereocenters. The van der Waals surface area contributed by atoms with E-state index in [1.165, 1.54) is 19.2 Å². The molecule has 1 unspecified atom stereocenters. The molecule has 0 bridgehead atoms. The first-order chi connectivity index (χ1) is 12.0. The van der Waals surface area contributed by atoms with Crippen LogP contribution < -0.4 is 10.6 Å². The number of likely N-dealkylation sites (N-methyl/N-ethyl adjacent to an activating group) is 1. The molecule has 0 aliphatic heterocycles. The number of amides is 2. The number of hydrogen-bond donors (Lipinski definition) is 2. The highest BCUT2D eigenvalue weighted by atomic mass is 16.3. The third-order valence-electron chi connectivity index (χ3n) is 4.42. The van der Waals surface area contributed by atoms with Crippen LogP contribution in [0.25, 0.3) is 11.3 Å². The molecule has 7 nitrogen and oxygen atoms in total. The molecule has 0 saturated heterocycles. The summed E-state index contributed by atoms with van der Waals surface area (Å²) < 4.78 is 5.23. The molecule has 1 heterocycles. The fourth-order valence-electron chi connectivity index (χ4n) is 2.60. The van der Waals surface area contributed by atoms with Crippen molar-refractivity contribution in [2.75, 3.05) is 18.9 Å². The standard InChI is InChI=1S/C18H22N4O3/c1-12(22(2)15-6-7-15)9-20-17(23)18(24)21-14-5-3-4-13(8-14)16-10-19-11-25-16/h3-5,8,10-12,15H,6-7,9H2,1-2H3,(H,20,23)(H,21,24). The van der Waals surface area contributed by atoms with Crippen LogP contribution in [0.3, 0.4) is 0 Å². The van der Waals surface area contributed by atoms with Gasteiger partial charge in [0.2, 0.25) is 0 Å². The minimum atomic E-state index is -0.684. The number of nitrogens with zero attached hydrogens (tertiary/aromatic N) is 2. The summed E-state index contributed by atoms with van der Waals surface area (Å²) in [7, 11) is 2.05. The van der Waals surface area contributed by atoms with Crippen molar-refractivity contribution in [3.63, 3.8) is 0 Å². The zero-order chi connectivity index (χ0) is 17.8. The van der Waals surface area contributed by atoms with E-state index in [4.69, 9.17) is 4.42 Å². The summed E-state index contributed by atoms with van der Waals surface area (Å²) in [6, 6.07) is 7.87. The van der Waals surface area contributed by atoms with E-state index in [0.29, 0.717) is 24.0 Å². The van der Waals surface area contributed by atoms with Gasteiger partial charge in [-0.15, -0.1) is 0 Å². The zero-order valence-corrected chi connectivity index (χ0v) is 14.4.